The van der Waals surface area contributed by atoms with Crippen molar-refractivity contribution in [3.8, 4) is 11.5 Å². The average Bonchev–Trinajstić information content (AvgIpc) is 3.23. The summed E-state index contributed by atoms with van der Waals surface area (Å²) in [4.78, 5) is 24.4. The SMILES string of the molecule is COc1cc(NC(=O)COc2c(C)cc(Cl)cc2Cl)ccc1NC(=O)c1ccco1. The lowest BCUT2D eigenvalue weighted by molar-refractivity contribution is -0.118. The van der Waals surface area contributed by atoms with Crippen molar-refractivity contribution in [1.82, 2.24) is 0 Å². The Balaban J connectivity index is 1.64. The van der Waals surface area contributed by atoms with Crippen molar-refractivity contribution in [1.29, 1.82) is 0 Å². The molecular formula is C21H18Cl2N2O5. The highest BCUT2D eigenvalue weighted by molar-refractivity contribution is 6.35. The quantitative estimate of drug-likeness (QED) is 0.519. The van der Waals surface area contributed by atoms with Gasteiger partial charge >= 0.3 is 0 Å². The summed E-state index contributed by atoms with van der Waals surface area (Å²) in [5, 5.41) is 6.20. The first-order chi connectivity index (χ1) is 14.4. The minimum atomic E-state index is -0.418. The number of benzene rings is 2. The summed E-state index contributed by atoms with van der Waals surface area (Å²) in [6.45, 7) is 1.53. The number of carbonyl (C=O) groups is 2. The fraction of sp³-hybridized carbons (Fsp3) is 0.143. The zero-order valence-electron chi connectivity index (χ0n) is 16.1. The third kappa shape index (κ3) is 5.25. The van der Waals surface area contributed by atoms with Crippen molar-refractivity contribution in [2.75, 3.05) is 24.4 Å². The van der Waals surface area contributed by atoms with E-state index in [9.17, 15) is 9.59 Å². The van der Waals surface area contributed by atoms with E-state index in [-0.39, 0.29) is 12.4 Å². The fourth-order valence-corrected chi connectivity index (χ4v) is 3.32. The number of amides is 2. The molecule has 0 saturated carbocycles. The average molecular weight is 449 g/mol. The van der Waals surface area contributed by atoms with Gasteiger partial charge in [0.15, 0.2) is 12.4 Å². The van der Waals surface area contributed by atoms with Crippen molar-refractivity contribution >= 4 is 46.4 Å². The molecule has 0 atom stereocenters. The molecule has 2 aromatic carbocycles. The standard InChI is InChI=1S/C21H18Cl2N2O5/c1-12-8-13(22)9-15(23)20(12)30-11-19(26)24-14-5-6-16(18(10-14)28-2)25-21(27)17-4-3-7-29-17/h3-10H,11H2,1-2H3,(H,24,26)(H,25,27). The van der Waals surface area contributed by atoms with Crippen LogP contribution in [-0.4, -0.2) is 25.5 Å². The summed E-state index contributed by atoms with van der Waals surface area (Å²) < 4.78 is 15.9. The van der Waals surface area contributed by atoms with Crippen LogP contribution in [0.25, 0.3) is 0 Å². The highest BCUT2D eigenvalue weighted by Gasteiger charge is 2.14. The molecule has 3 aromatic rings. The smallest absolute Gasteiger partial charge is 0.291 e. The Labute approximate surface area is 182 Å². The number of rotatable bonds is 7. The van der Waals surface area contributed by atoms with Crippen LogP contribution in [0.2, 0.25) is 10.0 Å². The van der Waals surface area contributed by atoms with E-state index in [2.05, 4.69) is 10.6 Å². The van der Waals surface area contributed by atoms with Crippen molar-refractivity contribution < 1.29 is 23.5 Å². The molecule has 2 amide bonds. The van der Waals surface area contributed by atoms with Gasteiger partial charge in [-0.1, -0.05) is 23.2 Å². The van der Waals surface area contributed by atoms with Crippen molar-refractivity contribution in [3.63, 3.8) is 0 Å². The minimum Gasteiger partial charge on any atom is -0.494 e. The molecule has 0 bridgehead atoms. The van der Waals surface area contributed by atoms with E-state index < -0.39 is 11.8 Å². The number of nitrogens with one attached hydrogen (secondary N) is 2. The molecule has 0 aliphatic carbocycles. The number of aryl methyl sites for hydroxylation is 1. The first kappa shape index (κ1) is 21.5. The van der Waals surface area contributed by atoms with Crippen LogP contribution < -0.4 is 20.1 Å². The second kappa shape index (κ2) is 9.56. The summed E-state index contributed by atoms with van der Waals surface area (Å²) in [5.74, 6) is 0.117. The Morgan fingerprint density at radius 1 is 1.10 bits per heavy atom. The molecule has 0 spiro atoms. The van der Waals surface area contributed by atoms with Gasteiger partial charge in [-0.05, 0) is 48.9 Å². The topological polar surface area (TPSA) is 89.8 Å². The summed E-state index contributed by atoms with van der Waals surface area (Å²) >= 11 is 12.0. The van der Waals surface area contributed by atoms with Gasteiger partial charge in [0.25, 0.3) is 11.8 Å². The van der Waals surface area contributed by atoms with Crippen LogP contribution in [0.3, 0.4) is 0 Å². The molecule has 9 heteroatoms. The third-order valence-electron chi connectivity index (χ3n) is 4.02. The van der Waals surface area contributed by atoms with E-state index in [1.54, 1.807) is 49.4 Å². The van der Waals surface area contributed by atoms with Crippen LogP contribution in [0.15, 0.2) is 53.1 Å². The molecule has 0 aliphatic rings. The van der Waals surface area contributed by atoms with E-state index in [1.165, 1.54) is 13.4 Å². The second-order valence-electron chi connectivity index (χ2n) is 6.22. The summed E-state index contributed by atoms with van der Waals surface area (Å²) in [5.41, 5.74) is 1.62. The minimum absolute atomic E-state index is 0.169. The van der Waals surface area contributed by atoms with Gasteiger partial charge in [0.05, 0.1) is 24.1 Å². The van der Waals surface area contributed by atoms with E-state index in [0.717, 1.165) is 5.56 Å². The van der Waals surface area contributed by atoms with Crippen molar-refractivity contribution in [3.05, 3.63) is 70.1 Å². The number of halogens is 2. The predicted octanol–water partition coefficient (Wildman–Crippen LogP) is 5.17. The van der Waals surface area contributed by atoms with Crippen molar-refractivity contribution in [2.24, 2.45) is 0 Å². The lowest BCUT2D eigenvalue weighted by atomic mass is 10.2. The Kier molecular flexibility index (Phi) is 6.87. The second-order valence-corrected chi connectivity index (χ2v) is 7.06. The maximum atomic E-state index is 12.3. The predicted molar refractivity (Wildman–Crippen MR) is 115 cm³/mol. The van der Waals surface area contributed by atoms with Gasteiger partial charge in [0.2, 0.25) is 0 Å². The molecule has 0 radical (unpaired) electrons. The molecule has 1 heterocycles. The number of hydrogen-bond acceptors (Lipinski definition) is 5. The van der Waals surface area contributed by atoms with Crippen LogP contribution in [0, 0.1) is 6.92 Å². The zero-order chi connectivity index (χ0) is 21.7. The Hall–Kier alpha value is -3.16. The zero-order valence-corrected chi connectivity index (χ0v) is 17.6. The van der Waals surface area contributed by atoms with E-state index in [0.29, 0.717) is 32.9 Å². The van der Waals surface area contributed by atoms with E-state index >= 15 is 0 Å². The molecule has 0 saturated heterocycles. The molecule has 3 rings (SSSR count). The maximum Gasteiger partial charge on any atom is 0.291 e. The fourth-order valence-electron chi connectivity index (χ4n) is 2.67. The molecule has 30 heavy (non-hydrogen) atoms. The largest absolute Gasteiger partial charge is 0.494 e. The van der Waals surface area contributed by atoms with Crippen LogP contribution in [0.4, 0.5) is 11.4 Å². The highest BCUT2D eigenvalue weighted by atomic mass is 35.5. The lowest BCUT2D eigenvalue weighted by Gasteiger charge is -2.13. The van der Waals surface area contributed by atoms with Gasteiger partial charge in [-0.25, -0.2) is 0 Å². The molecule has 0 fully saturated rings. The summed E-state index contributed by atoms with van der Waals surface area (Å²) in [6.07, 6.45) is 1.41. The summed E-state index contributed by atoms with van der Waals surface area (Å²) in [6, 6.07) is 11.2. The highest BCUT2D eigenvalue weighted by Crippen LogP contribution is 2.32. The normalized spacial score (nSPS) is 10.4. The number of anilines is 2. The van der Waals surface area contributed by atoms with Gasteiger partial charge in [-0.3, -0.25) is 9.59 Å². The first-order valence-electron chi connectivity index (χ1n) is 8.78. The van der Waals surface area contributed by atoms with Gasteiger partial charge in [-0.15, -0.1) is 0 Å². The van der Waals surface area contributed by atoms with Crippen LogP contribution in [-0.2, 0) is 4.79 Å². The third-order valence-corrected chi connectivity index (χ3v) is 4.52. The van der Waals surface area contributed by atoms with E-state index in [4.69, 9.17) is 37.1 Å². The molecule has 1 aromatic heterocycles. The number of furan rings is 1. The van der Waals surface area contributed by atoms with Crippen LogP contribution in [0.1, 0.15) is 16.1 Å². The number of carbonyl (C=O) groups excluding carboxylic acids is 2. The maximum absolute atomic E-state index is 12.3. The number of hydrogen-bond donors (Lipinski definition) is 2. The molecule has 156 valence electrons. The summed E-state index contributed by atoms with van der Waals surface area (Å²) in [7, 11) is 1.46. The molecular weight excluding hydrogens is 431 g/mol. The van der Waals surface area contributed by atoms with Gasteiger partial charge in [0.1, 0.15) is 11.5 Å². The first-order valence-corrected chi connectivity index (χ1v) is 9.54. The molecule has 0 unspecified atom stereocenters. The van der Waals surface area contributed by atoms with Crippen LogP contribution in [0.5, 0.6) is 11.5 Å². The van der Waals surface area contributed by atoms with Gasteiger partial charge < -0.3 is 24.5 Å². The lowest BCUT2D eigenvalue weighted by Crippen LogP contribution is -2.20. The molecule has 0 aliphatic heterocycles. The Morgan fingerprint density at radius 2 is 1.90 bits per heavy atom. The monoisotopic (exact) mass is 448 g/mol. The number of ether oxygens (including phenoxy) is 2. The number of methoxy groups -OCH3 is 1. The van der Waals surface area contributed by atoms with Gasteiger partial charge in [-0.2, -0.15) is 0 Å². The van der Waals surface area contributed by atoms with Crippen LogP contribution >= 0.6 is 23.2 Å². The van der Waals surface area contributed by atoms with Crippen molar-refractivity contribution in [2.45, 2.75) is 6.92 Å². The Bertz CT molecular complexity index is 1040. The van der Waals surface area contributed by atoms with E-state index in [1.807, 2.05) is 0 Å². The molecule has 7 nitrogen and oxygen atoms in total. The Morgan fingerprint density at radius 3 is 2.57 bits per heavy atom. The van der Waals surface area contributed by atoms with Gasteiger partial charge in [0, 0.05) is 16.8 Å². The molecule has 2 N–H and O–H groups in total.